The average Bonchev–Trinajstić information content (AvgIpc) is 3.40. The van der Waals surface area contributed by atoms with Gasteiger partial charge in [0.1, 0.15) is 13.9 Å². The number of carbonyl (C=O) groups excluding carboxylic acids is 1. The van der Waals surface area contributed by atoms with E-state index in [-0.39, 0.29) is 11.5 Å². The van der Waals surface area contributed by atoms with Gasteiger partial charge in [0.25, 0.3) is 11.5 Å². The number of hydrogen-bond donors (Lipinski definition) is 0. The molecule has 33 heavy (non-hydrogen) atoms. The van der Waals surface area contributed by atoms with Gasteiger partial charge in [0.2, 0.25) is 0 Å². The van der Waals surface area contributed by atoms with Gasteiger partial charge in [-0.1, -0.05) is 60.7 Å². The van der Waals surface area contributed by atoms with Gasteiger partial charge in [-0.2, -0.15) is 0 Å². The zero-order valence-electron chi connectivity index (χ0n) is 18.6. The van der Waals surface area contributed by atoms with E-state index in [1.54, 1.807) is 21.2 Å². The van der Waals surface area contributed by atoms with Crippen LogP contribution in [0, 0.1) is 0 Å². The van der Waals surface area contributed by atoms with Crippen molar-refractivity contribution < 1.29 is 4.79 Å². The van der Waals surface area contributed by atoms with Crippen molar-refractivity contribution in [3.8, 4) is 0 Å². The Morgan fingerprint density at radius 2 is 1.82 bits per heavy atom. The number of unbranched alkanes of at least 4 members (excludes halogenated alkanes) is 1. The summed E-state index contributed by atoms with van der Waals surface area (Å²) >= 11 is 15.9. The first-order valence-corrected chi connectivity index (χ1v) is 14.1. The fourth-order valence-electron chi connectivity index (χ4n) is 3.69. The van der Waals surface area contributed by atoms with Crippen LogP contribution in [0.5, 0.6) is 0 Å². The number of nitrogens with zero attached hydrogens (tertiary/aromatic N) is 3. The van der Waals surface area contributed by atoms with Crippen molar-refractivity contribution in [1.29, 1.82) is 0 Å². The molecule has 2 aliphatic rings. The fraction of sp³-hybridized carbons (Fsp3) is 0.348. The van der Waals surface area contributed by atoms with Crippen LogP contribution in [0.2, 0.25) is 5.02 Å². The molecule has 10 heteroatoms. The van der Waals surface area contributed by atoms with Crippen LogP contribution in [-0.4, -0.2) is 32.8 Å². The van der Waals surface area contributed by atoms with E-state index in [1.807, 2.05) is 37.3 Å². The second-order valence-corrected chi connectivity index (χ2v) is 11.6. The van der Waals surface area contributed by atoms with Gasteiger partial charge in [-0.3, -0.25) is 19.1 Å². The van der Waals surface area contributed by atoms with E-state index in [2.05, 4.69) is 18.7 Å². The van der Waals surface area contributed by atoms with E-state index in [9.17, 15) is 9.59 Å². The third kappa shape index (κ3) is 4.71. The minimum atomic E-state index is -0.111. The summed E-state index contributed by atoms with van der Waals surface area (Å²) in [6.45, 7) is 7.99. The highest BCUT2D eigenvalue weighted by Crippen LogP contribution is 2.46. The van der Waals surface area contributed by atoms with E-state index >= 15 is 0 Å². The summed E-state index contributed by atoms with van der Waals surface area (Å²) in [5.41, 5.74) is 1.02. The first-order chi connectivity index (χ1) is 15.9. The summed E-state index contributed by atoms with van der Waals surface area (Å²) < 4.78 is 3.60. The van der Waals surface area contributed by atoms with Gasteiger partial charge in [-0.15, -0.1) is 11.3 Å². The van der Waals surface area contributed by atoms with E-state index in [4.69, 9.17) is 23.8 Å². The Morgan fingerprint density at radius 3 is 2.48 bits per heavy atom. The number of aromatic nitrogens is 1. The molecule has 0 spiro atoms. The first-order valence-electron chi connectivity index (χ1n) is 10.8. The van der Waals surface area contributed by atoms with Gasteiger partial charge in [-0.25, -0.2) is 0 Å². The van der Waals surface area contributed by atoms with Gasteiger partial charge in [0, 0.05) is 29.6 Å². The number of thiocarbonyl (C=S) groups is 1. The third-order valence-electron chi connectivity index (χ3n) is 5.39. The van der Waals surface area contributed by atoms with Crippen LogP contribution in [0.15, 0.2) is 39.0 Å². The lowest BCUT2D eigenvalue weighted by atomic mass is 10.3. The monoisotopic (exact) mass is 537 g/mol. The highest BCUT2D eigenvalue weighted by molar-refractivity contribution is 8.30. The Kier molecular flexibility index (Phi) is 7.75. The van der Waals surface area contributed by atoms with Crippen molar-refractivity contribution in [1.82, 2.24) is 9.47 Å². The average molecular weight is 538 g/mol. The lowest BCUT2D eigenvalue weighted by Crippen LogP contribution is -2.33. The molecule has 0 atom stereocenters. The van der Waals surface area contributed by atoms with E-state index in [0.717, 1.165) is 35.0 Å². The normalized spacial score (nSPS) is 19.4. The van der Waals surface area contributed by atoms with Gasteiger partial charge in [0.15, 0.2) is 0 Å². The number of anilines is 1. The molecular weight excluding hydrogens is 514 g/mol. The van der Waals surface area contributed by atoms with Crippen molar-refractivity contribution >= 4 is 85.6 Å². The van der Waals surface area contributed by atoms with Crippen molar-refractivity contribution in [2.24, 2.45) is 0 Å². The van der Waals surface area contributed by atoms with Gasteiger partial charge in [0.05, 0.1) is 15.2 Å². The smallest absolute Gasteiger partial charge is 0.269 e. The number of thiazole rings is 1. The van der Waals surface area contributed by atoms with Crippen LogP contribution in [0.1, 0.15) is 33.6 Å². The van der Waals surface area contributed by atoms with Crippen LogP contribution in [0.3, 0.4) is 0 Å². The highest BCUT2D eigenvalue weighted by Gasteiger charge is 2.33. The fourth-order valence-corrected chi connectivity index (χ4v) is 7.58. The zero-order valence-corrected chi connectivity index (χ0v) is 22.6. The topological polar surface area (TPSA) is 45.6 Å². The molecule has 0 aliphatic carbocycles. The molecular formula is C23H24ClN3O2S4. The molecule has 5 nitrogen and oxygen atoms in total. The van der Waals surface area contributed by atoms with Crippen LogP contribution < -0.4 is 19.7 Å². The van der Waals surface area contributed by atoms with Crippen molar-refractivity contribution in [2.45, 2.75) is 45.1 Å². The van der Waals surface area contributed by atoms with Crippen LogP contribution in [-0.2, 0) is 11.3 Å². The number of amides is 1. The van der Waals surface area contributed by atoms with E-state index in [1.165, 1.54) is 23.1 Å². The summed E-state index contributed by atoms with van der Waals surface area (Å²) in [6, 6.07) is 5.88. The Bertz CT molecular complexity index is 1330. The number of halogens is 1. The molecule has 1 fully saturated rings. The summed E-state index contributed by atoms with van der Waals surface area (Å²) in [6.07, 6.45) is 5.69. The minimum absolute atomic E-state index is 0.0614. The number of carbonyl (C=O) groups is 1. The Balaban J connectivity index is 1.81. The van der Waals surface area contributed by atoms with Crippen LogP contribution in [0.4, 0.5) is 5.69 Å². The van der Waals surface area contributed by atoms with Gasteiger partial charge >= 0.3 is 0 Å². The largest absolute Gasteiger partial charge is 0.335 e. The molecule has 0 radical (unpaired) electrons. The molecule has 2 aromatic rings. The second kappa shape index (κ2) is 10.4. The standard InChI is InChI=1S/C23H24ClN3O2S4/c1-4-7-12-27-20(28)17(32-22(27)19-21(29)26(6-3)23(30)33-19)10-11-18-25(5-2)15-13-14(24)8-9-16(15)31-18/h8-11,13H,4-7,12H2,1-3H3/b17-10?,18-11-,22-19?. The number of thioether (sulfide) groups is 2. The Labute approximate surface area is 215 Å². The third-order valence-corrected chi connectivity index (χ3v) is 9.47. The molecule has 2 aliphatic heterocycles. The second-order valence-electron chi connectivity index (χ2n) is 7.46. The summed E-state index contributed by atoms with van der Waals surface area (Å²) in [7, 11) is 0. The molecule has 1 aromatic carbocycles. The molecule has 174 valence electrons. The maximum Gasteiger partial charge on any atom is 0.269 e. The van der Waals surface area contributed by atoms with Crippen molar-refractivity contribution in [2.75, 3.05) is 18.0 Å². The highest BCUT2D eigenvalue weighted by atomic mass is 35.5. The molecule has 0 saturated carbocycles. The molecule has 0 N–H and O–H groups in total. The van der Waals surface area contributed by atoms with Crippen molar-refractivity contribution in [3.63, 3.8) is 0 Å². The predicted octanol–water partition coefficient (Wildman–Crippen LogP) is 4.61. The quantitative estimate of drug-likeness (QED) is 0.502. The predicted molar refractivity (Wildman–Crippen MR) is 147 cm³/mol. The molecule has 0 bridgehead atoms. The maximum absolute atomic E-state index is 13.3. The lowest BCUT2D eigenvalue weighted by molar-refractivity contribution is -0.120. The summed E-state index contributed by atoms with van der Waals surface area (Å²) in [4.78, 5) is 31.7. The Hall–Kier alpha value is -1.52. The SMILES string of the molecule is CCCCn1c(=C2SC(=S)N(CC)C2=O)sc(=C/C=C2\Sc3ccc(Cl)cc3N2CC)c1=O. The summed E-state index contributed by atoms with van der Waals surface area (Å²) in [5, 5.41) is 1.75. The summed E-state index contributed by atoms with van der Waals surface area (Å²) in [5.74, 6) is -0.111. The number of benzene rings is 1. The van der Waals surface area contributed by atoms with E-state index in [0.29, 0.717) is 36.5 Å². The van der Waals surface area contributed by atoms with Gasteiger partial charge in [-0.05, 0) is 50.6 Å². The number of hydrogen-bond acceptors (Lipinski definition) is 7. The maximum atomic E-state index is 13.3. The van der Waals surface area contributed by atoms with Crippen molar-refractivity contribution in [3.05, 3.63) is 53.9 Å². The first kappa shape index (κ1) is 24.6. The number of rotatable bonds is 6. The number of allylic oxidation sites excluding steroid dienone is 1. The minimum Gasteiger partial charge on any atom is -0.335 e. The molecule has 1 amide bonds. The van der Waals surface area contributed by atoms with Crippen LogP contribution >= 0.6 is 58.7 Å². The molecule has 0 unspecified atom stereocenters. The lowest BCUT2D eigenvalue weighted by Gasteiger charge is -2.17. The molecule has 1 aromatic heterocycles. The number of fused-ring (bicyclic) bond motifs is 1. The van der Waals surface area contributed by atoms with Gasteiger partial charge < -0.3 is 4.90 Å². The molecule has 1 saturated heterocycles. The molecule has 4 rings (SSSR count). The zero-order chi connectivity index (χ0) is 23.7. The van der Waals surface area contributed by atoms with E-state index < -0.39 is 0 Å². The Morgan fingerprint density at radius 1 is 1.06 bits per heavy atom. The van der Waals surface area contributed by atoms with Crippen LogP contribution in [0.25, 0.3) is 11.0 Å². The molecule has 3 heterocycles.